The van der Waals surface area contributed by atoms with Crippen LogP contribution in [0.4, 0.5) is 10.8 Å². The van der Waals surface area contributed by atoms with Gasteiger partial charge in [-0.15, -0.1) is 10.2 Å². The molecule has 10 heteroatoms. The van der Waals surface area contributed by atoms with Crippen molar-refractivity contribution in [2.75, 3.05) is 23.3 Å². The predicted octanol–water partition coefficient (Wildman–Crippen LogP) is 4.13. The third-order valence-corrected chi connectivity index (χ3v) is 8.36. The lowest BCUT2D eigenvalue weighted by atomic mass is 10.1. The number of aryl methyl sites for hydroxylation is 1. The molecule has 2 N–H and O–H groups in total. The molecule has 1 aliphatic rings. The second-order valence-corrected chi connectivity index (χ2v) is 11.0. The number of anilines is 2. The van der Waals surface area contributed by atoms with Gasteiger partial charge in [0.2, 0.25) is 9.47 Å². The fourth-order valence-corrected chi connectivity index (χ4v) is 5.86. The molecular weight excluding hydrogens is 458 g/mol. The molecule has 0 radical (unpaired) electrons. The molecule has 0 saturated carbocycles. The van der Waals surface area contributed by atoms with Crippen LogP contribution in [-0.2, 0) is 10.0 Å². The van der Waals surface area contributed by atoms with Gasteiger partial charge in [0.05, 0.1) is 0 Å². The zero-order chi connectivity index (χ0) is 23.4. The minimum Gasteiger partial charge on any atom is -0.372 e. The molecular formula is C23H27N5O3S2. The van der Waals surface area contributed by atoms with Gasteiger partial charge in [-0.2, -0.15) is 0 Å². The van der Waals surface area contributed by atoms with Crippen LogP contribution in [0.2, 0.25) is 0 Å². The second kappa shape index (κ2) is 9.98. The fraction of sp³-hybridized carbons (Fsp3) is 0.348. The molecule has 1 aliphatic heterocycles. The summed E-state index contributed by atoms with van der Waals surface area (Å²) >= 11 is 0.813. The smallest absolute Gasteiger partial charge is 0.270 e. The van der Waals surface area contributed by atoms with Crippen LogP contribution < -0.4 is 14.9 Å². The number of carbonyl (C=O) groups excluding carboxylic acids is 1. The summed E-state index contributed by atoms with van der Waals surface area (Å²) < 4.78 is 28.1. The minimum absolute atomic E-state index is 0.125. The van der Waals surface area contributed by atoms with Crippen LogP contribution in [0.15, 0.2) is 52.9 Å². The number of amides is 1. The largest absolute Gasteiger partial charge is 0.372 e. The Morgan fingerprint density at radius 3 is 2.33 bits per heavy atom. The molecule has 0 unspecified atom stereocenters. The summed E-state index contributed by atoms with van der Waals surface area (Å²) in [5.41, 5.74) is 3.51. The average molecular weight is 486 g/mol. The lowest BCUT2D eigenvalue weighted by Crippen LogP contribution is -2.29. The number of rotatable bonds is 7. The lowest BCUT2D eigenvalue weighted by Gasteiger charge is -2.29. The molecule has 2 heterocycles. The first-order valence-electron chi connectivity index (χ1n) is 10.9. The summed E-state index contributed by atoms with van der Waals surface area (Å²) in [5.74, 6) is -0.370. The molecule has 0 aliphatic carbocycles. The van der Waals surface area contributed by atoms with Gasteiger partial charge in [-0.1, -0.05) is 41.2 Å². The van der Waals surface area contributed by atoms with Gasteiger partial charge in [0, 0.05) is 30.4 Å². The number of aromatic nitrogens is 2. The van der Waals surface area contributed by atoms with Gasteiger partial charge in [-0.3, -0.25) is 10.1 Å². The summed E-state index contributed by atoms with van der Waals surface area (Å²) in [7, 11) is -3.89. The Balaban J connectivity index is 1.39. The van der Waals surface area contributed by atoms with Crippen molar-refractivity contribution >= 4 is 38.1 Å². The van der Waals surface area contributed by atoms with Crippen molar-refractivity contribution in [1.29, 1.82) is 0 Å². The Morgan fingerprint density at radius 2 is 1.67 bits per heavy atom. The number of carbonyl (C=O) groups is 1. The maximum Gasteiger partial charge on any atom is 0.270 e. The Kier molecular flexibility index (Phi) is 7.06. The molecule has 1 saturated heterocycles. The second-order valence-electron chi connectivity index (χ2n) is 8.18. The van der Waals surface area contributed by atoms with E-state index in [2.05, 4.69) is 25.1 Å². The van der Waals surface area contributed by atoms with Crippen LogP contribution in [0.25, 0.3) is 0 Å². The summed E-state index contributed by atoms with van der Waals surface area (Å²) in [6.07, 6.45) is 3.68. The lowest BCUT2D eigenvalue weighted by molar-refractivity contribution is 0.102. The van der Waals surface area contributed by atoms with Crippen molar-refractivity contribution in [3.05, 3.63) is 65.2 Å². The highest BCUT2D eigenvalue weighted by Crippen LogP contribution is 2.25. The topological polar surface area (TPSA) is 104 Å². The van der Waals surface area contributed by atoms with Crippen LogP contribution in [0, 0.1) is 6.92 Å². The fourth-order valence-electron chi connectivity index (χ4n) is 3.72. The van der Waals surface area contributed by atoms with Gasteiger partial charge < -0.3 is 4.90 Å². The Hall–Kier alpha value is -2.82. The molecule has 1 fully saturated rings. The number of hydrogen-bond acceptors (Lipinski definition) is 7. The highest BCUT2D eigenvalue weighted by Gasteiger charge is 2.24. The van der Waals surface area contributed by atoms with E-state index in [0.717, 1.165) is 41.2 Å². The van der Waals surface area contributed by atoms with E-state index in [1.807, 2.05) is 43.3 Å². The first-order valence-corrected chi connectivity index (χ1v) is 13.2. The average Bonchev–Trinajstić information content (AvgIpc) is 3.29. The molecule has 174 valence electrons. The Labute approximate surface area is 198 Å². The van der Waals surface area contributed by atoms with E-state index in [4.69, 9.17) is 0 Å². The van der Waals surface area contributed by atoms with E-state index in [-0.39, 0.29) is 15.4 Å². The van der Waals surface area contributed by atoms with Crippen LogP contribution in [0.1, 0.15) is 53.7 Å². The van der Waals surface area contributed by atoms with Gasteiger partial charge in [0.25, 0.3) is 15.9 Å². The van der Waals surface area contributed by atoms with Crippen LogP contribution >= 0.6 is 11.3 Å². The third-order valence-electron chi connectivity index (χ3n) is 5.62. The summed E-state index contributed by atoms with van der Waals surface area (Å²) in [6, 6.07) is 14.6. The van der Waals surface area contributed by atoms with Crippen LogP contribution in [0.3, 0.4) is 0 Å². The Morgan fingerprint density at radius 1 is 1.00 bits per heavy atom. The minimum atomic E-state index is -3.89. The first-order chi connectivity index (χ1) is 15.8. The normalized spacial score (nSPS) is 15.3. The molecule has 4 rings (SSSR count). The molecule has 0 spiro atoms. The number of sulfonamides is 1. The van der Waals surface area contributed by atoms with E-state index >= 15 is 0 Å². The van der Waals surface area contributed by atoms with E-state index in [1.165, 1.54) is 19.3 Å². The molecule has 0 bridgehead atoms. The van der Waals surface area contributed by atoms with E-state index in [1.54, 1.807) is 19.1 Å². The molecule has 1 amide bonds. The van der Waals surface area contributed by atoms with Gasteiger partial charge in [0.15, 0.2) is 0 Å². The summed E-state index contributed by atoms with van der Waals surface area (Å²) in [6.45, 7) is 5.83. The van der Waals surface area contributed by atoms with E-state index in [0.29, 0.717) is 5.56 Å². The standard InChI is InChI=1S/C23H27N5O3S2/c1-16-6-8-19(9-7-16)21(29)24-22-25-26-23(32-22)33(30,31)27-17(2)18-10-12-20(13-11-18)28-14-4-3-5-15-28/h6-13,17,27H,3-5,14-15H2,1-2H3,(H,24,25,29)/t17-/m1/s1. The highest BCUT2D eigenvalue weighted by molar-refractivity contribution is 7.91. The molecule has 1 atom stereocenters. The zero-order valence-electron chi connectivity index (χ0n) is 18.6. The number of hydrogen-bond donors (Lipinski definition) is 2. The third kappa shape index (κ3) is 5.76. The van der Waals surface area contributed by atoms with Crippen molar-refractivity contribution in [2.45, 2.75) is 43.5 Å². The number of nitrogens with one attached hydrogen (secondary N) is 2. The summed E-state index contributed by atoms with van der Waals surface area (Å²) in [5, 5.41) is 10.3. The molecule has 2 aromatic carbocycles. The van der Waals surface area contributed by atoms with Gasteiger partial charge in [0.1, 0.15) is 0 Å². The summed E-state index contributed by atoms with van der Waals surface area (Å²) in [4.78, 5) is 14.7. The van der Waals surface area contributed by atoms with E-state index < -0.39 is 16.1 Å². The monoisotopic (exact) mass is 485 g/mol. The van der Waals surface area contributed by atoms with E-state index in [9.17, 15) is 13.2 Å². The first kappa shape index (κ1) is 23.3. The van der Waals surface area contributed by atoms with Crippen molar-refractivity contribution in [3.63, 3.8) is 0 Å². The molecule has 1 aromatic heterocycles. The van der Waals surface area contributed by atoms with Crippen molar-refractivity contribution in [2.24, 2.45) is 0 Å². The molecule has 33 heavy (non-hydrogen) atoms. The molecule has 8 nitrogen and oxygen atoms in total. The van der Waals surface area contributed by atoms with Gasteiger partial charge in [-0.05, 0) is 62.9 Å². The zero-order valence-corrected chi connectivity index (χ0v) is 20.2. The van der Waals surface area contributed by atoms with Crippen LogP contribution in [0.5, 0.6) is 0 Å². The highest BCUT2D eigenvalue weighted by atomic mass is 32.2. The van der Waals surface area contributed by atoms with Crippen molar-refractivity contribution in [3.8, 4) is 0 Å². The van der Waals surface area contributed by atoms with Gasteiger partial charge >= 0.3 is 0 Å². The Bertz CT molecular complexity index is 1200. The predicted molar refractivity (Wildman–Crippen MR) is 130 cm³/mol. The quantitative estimate of drug-likeness (QED) is 0.488. The number of benzene rings is 2. The van der Waals surface area contributed by atoms with Gasteiger partial charge in [-0.25, -0.2) is 13.1 Å². The number of piperidine rings is 1. The molecule has 3 aromatic rings. The SMILES string of the molecule is Cc1ccc(C(=O)Nc2nnc(S(=O)(=O)N[C@H](C)c3ccc(N4CCCCC4)cc3)s2)cc1. The van der Waals surface area contributed by atoms with Crippen molar-refractivity contribution < 1.29 is 13.2 Å². The van der Waals surface area contributed by atoms with Crippen molar-refractivity contribution in [1.82, 2.24) is 14.9 Å². The maximum atomic E-state index is 12.8. The maximum absolute atomic E-state index is 12.8. The number of nitrogens with zero attached hydrogens (tertiary/aromatic N) is 3. The van der Waals surface area contributed by atoms with Crippen LogP contribution in [-0.4, -0.2) is 37.6 Å².